The summed E-state index contributed by atoms with van der Waals surface area (Å²) in [6.45, 7) is 6.83. The minimum absolute atomic E-state index is 0.210. The molecule has 7 nitrogen and oxygen atoms in total. The number of nitrogens with one attached hydrogen (secondary N) is 2. The fourth-order valence-electron chi connectivity index (χ4n) is 2.90. The first-order valence-corrected chi connectivity index (χ1v) is 9.49. The average Bonchev–Trinajstić information content (AvgIpc) is 3.14. The summed E-state index contributed by atoms with van der Waals surface area (Å²) < 4.78 is 5.77. The van der Waals surface area contributed by atoms with Crippen LogP contribution in [0.2, 0.25) is 0 Å². The van der Waals surface area contributed by atoms with E-state index in [1.165, 1.54) is 0 Å². The summed E-state index contributed by atoms with van der Waals surface area (Å²) in [4.78, 5) is 22.3. The maximum Gasteiger partial charge on any atom is 0.222 e. The van der Waals surface area contributed by atoms with Crippen LogP contribution in [0.25, 0.3) is 0 Å². The SMILES string of the molecule is CCCCOc1ncccc1CNC(=NC)NC1CCN(C(=O)CC)C1. The van der Waals surface area contributed by atoms with E-state index in [-0.39, 0.29) is 11.9 Å². The van der Waals surface area contributed by atoms with E-state index in [0.29, 0.717) is 25.5 Å². The van der Waals surface area contributed by atoms with Crippen molar-refractivity contribution in [2.24, 2.45) is 4.99 Å². The Morgan fingerprint density at radius 3 is 3.04 bits per heavy atom. The number of amides is 1. The summed E-state index contributed by atoms with van der Waals surface area (Å²) in [5.74, 6) is 1.61. The van der Waals surface area contributed by atoms with Gasteiger partial charge in [-0.2, -0.15) is 0 Å². The minimum Gasteiger partial charge on any atom is -0.477 e. The summed E-state index contributed by atoms with van der Waals surface area (Å²) in [5, 5.41) is 6.72. The monoisotopic (exact) mass is 361 g/mol. The molecule has 2 rings (SSSR count). The molecule has 1 unspecified atom stereocenters. The van der Waals surface area contributed by atoms with Crippen LogP contribution in [0, 0.1) is 0 Å². The lowest BCUT2D eigenvalue weighted by atomic mass is 10.2. The molecule has 0 bridgehead atoms. The second-order valence-corrected chi connectivity index (χ2v) is 6.42. The molecular weight excluding hydrogens is 330 g/mol. The van der Waals surface area contributed by atoms with Crippen LogP contribution < -0.4 is 15.4 Å². The first kappa shape index (κ1) is 20.0. The van der Waals surface area contributed by atoms with Crippen LogP contribution in [0.3, 0.4) is 0 Å². The van der Waals surface area contributed by atoms with Crippen molar-refractivity contribution in [3.8, 4) is 5.88 Å². The number of unbranched alkanes of at least 4 members (excludes halogenated alkanes) is 1. The van der Waals surface area contributed by atoms with Gasteiger partial charge in [0, 0.05) is 50.9 Å². The second kappa shape index (κ2) is 10.6. The molecule has 26 heavy (non-hydrogen) atoms. The molecule has 2 heterocycles. The van der Waals surface area contributed by atoms with E-state index in [4.69, 9.17) is 4.74 Å². The molecule has 1 fully saturated rings. The topological polar surface area (TPSA) is 78.8 Å². The Morgan fingerprint density at radius 1 is 1.46 bits per heavy atom. The predicted molar refractivity (Wildman–Crippen MR) is 103 cm³/mol. The molecule has 1 saturated heterocycles. The Bertz CT molecular complexity index is 605. The van der Waals surface area contributed by atoms with E-state index in [9.17, 15) is 4.79 Å². The number of carbonyl (C=O) groups is 1. The molecule has 0 spiro atoms. The number of pyridine rings is 1. The van der Waals surface area contributed by atoms with Crippen molar-refractivity contribution in [3.63, 3.8) is 0 Å². The Labute approximate surface area is 156 Å². The molecule has 2 N–H and O–H groups in total. The first-order chi connectivity index (χ1) is 12.7. The highest BCUT2D eigenvalue weighted by Crippen LogP contribution is 2.15. The number of carbonyl (C=O) groups excluding carboxylic acids is 1. The maximum atomic E-state index is 11.8. The molecule has 1 aliphatic heterocycles. The third-order valence-electron chi connectivity index (χ3n) is 4.44. The number of nitrogens with zero attached hydrogens (tertiary/aromatic N) is 3. The van der Waals surface area contributed by atoms with Crippen molar-refractivity contribution >= 4 is 11.9 Å². The fraction of sp³-hybridized carbons (Fsp3) is 0.632. The van der Waals surface area contributed by atoms with Gasteiger partial charge in [0.1, 0.15) is 0 Å². The molecule has 0 saturated carbocycles. The van der Waals surface area contributed by atoms with Gasteiger partial charge in [-0.1, -0.05) is 26.3 Å². The number of hydrogen-bond acceptors (Lipinski definition) is 4. The van der Waals surface area contributed by atoms with Crippen LogP contribution >= 0.6 is 0 Å². The molecule has 1 aliphatic rings. The van der Waals surface area contributed by atoms with E-state index < -0.39 is 0 Å². The highest BCUT2D eigenvalue weighted by atomic mass is 16.5. The van der Waals surface area contributed by atoms with Crippen molar-refractivity contribution < 1.29 is 9.53 Å². The predicted octanol–water partition coefficient (Wildman–Crippen LogP) is 1.94. The van der Waals surface area contributed by atoms with Gasteiger partial charge in [0.25, 0.3) is 0 Å². The molecule has 1 aromatic heterocycles. The first-order valence-electron chi connectivity index (χ1n) is 9.49. The van der Waals surface area contributed by atoms with Gasteiger partial charge in [-0.05, 0) is 18.9 Å². The molecule has 7 heteroatoms. The lowest BCUT2D eigenvalue weighted by Crippen LogP contribution is -2.44. The summed E-state index contributed by atoms with van der Waals surface area (Å²) in [7, 11) is 1.75. The number of aromatic nitrogens is 1. The third-order valence-corrected chi connectivity index (χ3v) is 4.44. The molecule has 0 aromatic carbocycles. The van der Waals surface area contributed by atoms with Crippen LogP contribution in [0.4, 0.5) is 0 Å². The summed E-state index contributed by atoms with van der Waals surface area (Å²) in [6.07, 6.45) is 5.35. The number of ether oxygens (including phenoxy) is 1. The van der Waals surface area contributed by atoms with Gasteiger partial charge in [-0.15, -0.1) is 0 Å². The van der Waals surface area contributed by atoms with Crippen LogP contribution in [0.5, 0.6) is 5.88 Å². The second-order valence-electron chi connectivity index (χ2n) is 6.42. The van der Waals surface area contributed by atoms with Gasteiger partial charge in [0.2, 0.25) is 11.8 Å². The largest absolute Gasteiger partial charge is 0.477 e. The van der Waals surface area contributed by atoms with E-state index in [2.05, 4.69) is 27.5 Å². The lowest BCUT2D eigenvalue weighted by molar-refractivity contribution is -0.129. The Balaban J connectivity index is 1.85. The summed E-state index contributed by atoms with van der Waals surface area (Å²) >= 11 is 0. The molecule has 0 radical (unpaired) electrons. The molecule has 0 aliphatic carbocycles. The zero-order chi connectivity index (χ0) is 18.8. The minimum atomic E-state index is 0.210. The van der Waals surface area contributed by atoms with Crippen molar-refractivity contribution in [1.82, 2.24) is 20.5 Å². The quantitative estimate of drug-likeness (QED) is 0.420. The van der Waals surface area contributed by atoms with Crippen LogP contribution in [0.1, 0.15) is 45.1 Å². The zero-order valence-corrected chi connectivity index (χ0v) is 16.1. The average molecular weight is 361 g/mol. The molecule has 1 atom stereocenters. The van der Waals surface area contributed by atoms with Gasteiger partial charge in [0.05, 0.1) is 6.61 Å². The van der Waals surface area contributed by atoms with E-state index in [0.717, 1.165) is 43.9 Å². The Kier molecular flexibility index (Phi) is 8.18. The highest BCUT2D eigenvalue weighted by Gasteiger charge is 2.25. The Morgan fingerprint density at radius 2 is 2.31 bits per heavy atom. The third kappa shape index (κ3) is 5.89. The normalized spacial score (nSPS) is 17.3. The summed E-state index contributed by atoms with van der Waals surface area (Å²) in [5.41, 5.74) is 1.00. The van der Waals surface area contributed by atoms with E-state index >= 15 is 0 Å². The number of likely N-dealkylation sites (tertiary alicyclic amines) is 1. The number of hydrogen-bond donors (Lipinski definition) is 2. The zero-order valence-electron chi connectivity index (χ0n) is 16.1. The van der Waals surface area contributed by atoms with Crippen LogP contribution in [-0.4, -0.2) is 54.5 Å². The Hall–Kier alpha value is -2.31. The number of aliphatic imine (C=N–C) groups is 1. The van der Waals surface area contributed by atoms with Crippen molar-refractivity contribution in [2.45, 2.75) is 52.1 Å². The standard InChI is InChI=1S/C19H31N5O2/c1-4-6-12-26-18-15(8-7-10-21-18)13-22-19(20-3)23-16-9-11-24(14-16)17(25)5-2/h7-8,10,16H,4-6,9,11-14H2,1-3H3,(H2,20,22,23). The van der Waals surface area contributed by atoms with Crippen molar-refractivity contribution in [3.05, 3.63) is 23.9 Å². The van der Waals surface area contributed by atoms with Crippen molar-refractivity contribution in [2.75, 3.05) is 26.7 Å². The highest BCUT2D eigenvalue weighted by molar-refractivity contribution is 5.80. The van der Waals surface area contributed by atoms with Crippen LogP contribution in [-0.2, 0) is 11.3 Å². The molecule has 1 amide bonds. The van der Waals surface area contributed by atoms with Gasteiger partial charge in [0.15, 0.2) is 5.96 Å². The van der Waals surface area contributed by atoms with Gasteiger partial charge in [-0.25, -0.2) is 4.98 Å². The number of rotatable bonds is 8. The van der Waals surface area contributed by atoms with Gasteiger partial charge < -0.3 is 20.3 Å². The van der Waals surface area contributed by atoms with Gasteiger partial charge in [-0.3, -0.25) is 9.79 Å². The lowest BCUT2D eigenvalue weighted by Gasteiger charge is -2.19. The molecular formula is C19H31N5O2. The molecule has 1 aromatic rings. The van der Waals surface area contributed by atoms with Crippen molar-refractivity contribution in [1.29, 1.82) is 0 Å². The van der Waals surface area contributed by atoms with E-state index in [1.54, 1.807) is 13.2 Å². The van der Waals surface area contributed by atoms with Gasteiger partial charge >= 0.3 is 0 Å². The van der Waals surface area contributed by atoms with Crippen LogP contribution in [0.15, 0.2) is 23.3 Å². The molecule has 144 valence electrons. The fourth-order valence-corrected chi connectivity index (χ4v) is 2.90. The smallest absolute Gasteiger partial charge is 0.222 e. The maximum absolute atomic E-state index is 11.8. The number of guanidine groups is 1. The summed E-state index contributed by atoms with van der Waals surface area (Å²) in [6, 6.07) is 4.14. The van der Waals surface area contributed by atoms with E-state index in [1.807, 2.05) is 24.0 Å².